The van der Waals surface area contributed by atoms with Crippen molar-refractivity contribution in [2.45, 2.75) is 32.2 Å². The molecule has 1 N–H and O–H groups in total. The van der Waals surface area contributed by atoms with Crippen molar-refractivity contribution in [3.8, 4) is 0 Å². The molecular formula is C5H13O2Si. The Morgan fingerprint density at radius 1 is 1.62 bits per heavy atom. The van der Waals surface area contributed by atoms with Crippen molar-refractivity contribution in [2.75, 3.05) is 0 Å². The lowest BCUT2D eigenvalue weighted by Gasteiger charge is -2.16. The van der Waals surface area contributed by atoms with Crippen LogP contribution < -0.4 is 0 Å². The highest BCUT2D eigenvalue weighted by Crippen LogP contribution is 2.06. The van der Waals surface area contributed by atoms with Gasteiger partial charge in [-0.05, 0) is 19.5 Å². The second-order valence-electron chi connectivity index (χ2n) is 2.53. The Hall–Kier alpha value is 0.137. The van der Waals surface area contributed by atoms with Crippen molar-refractivity contribution < 1.29 is 9.90 Å². The minimum atomic E-state index is -2.46. The number of hydrogen-bond donors (Lipinski definition) is 1. The lowest BCUT2D eigenvalue weighted by atomic mass is 10.5. The van der Waals surface area contributed by atoms with Crippen LogP contribution in [-0.4, -0.2) is 19.2 Å². The smallest absolute Gasteiger partial charge is 0.259 e. The monoisotopic (exact) mass is 133 g/mol. The fourth-order valence-electron chi connectivity index (χ4n) is 0.492. The van der Waals surface area contributed by atoms with Gasteiger partial charge in [-0.2, -0.15) is 0 Å². The molecule has 1 atom stereocenters. The van der Waals surface area contributed by atoms with Crippen molar-refractivity contribution in [3.63, 3.8) is 0 Å². The number of hydrogen-bond acceptors (Lipinski definition) is 1. The van der Waals surface area contributed by atoms with Crippen molar-refractivity contribution in [2.24, 2.45) is 0 Å². The van der Waals surface area contributed by atoms with Gasteiger partial charge in [-0.3, -0.25) is 4.80 Å². The van der Waals surface area contributed by atoms with Gasteiger partial charge in [0.25, 0.3) is 8.32 Å². The molecule has 3 heteroatoms. The molecule has 0 saturated heterocycles. The minimum Gasteiger partial charge on any atom is -0.394 e. The van der Waals surface area contributed by atoms with Crippen LogP contribution in [0.5, 0.6) is 0 Å². The van der Waals surface area contributed by atoms with Gasteiger partial charge in [-0.25, -0.2) is 0 Å². The zero-order valence-electron chi connectivity index (χ0n) is 5.64. The van der Waals surface area contributed by atoms with Gasteiger partial charge in [0.1, 0.15) is 0 Å². The van der Waals surface area contributed by atoms with E-state index in [4.69, 9.17) is 5.11 Å². The maximum Gasteiger partial charge on any atom is 0.259 e. The van der Waals surface area contributed by atoms with E-state index in [1.165, 1.54) is 0 Å². The van der Waals surface area contributed by atoms with Gasteiger partial charge in [0.2, 0.25) is 0 Å². The predicted molar refractivity (Wildman–Crippen MR) is 34.5 cm³/mol. The molecule has 0 spiro atoms. The summed E-state index contributed by atoms with van der Waals surface area (Å²) in [5.74, 6) is 0. The van der Waals surface area contributed by atoms with E-state index in [1.807, 2.05) is 6.92 Å². The van der Waals surface area contributed by atoms with Gasteiger partial charge in [-0.15, -0.1) is 0 Å². The maximum absolute atomic E-state index is 10.9. The second-order valence-corrected chi connectivity index (χ2v) is 6.40. The number of aliphatic hydroxyl groups excluding tert-OH is 1. The summed E-state index contributed by atoms with van der Waals surface area (Å²) in [5.41, 5.74) is -0.567. The first kappa shape index (κ1) is 8.14. The highest BCUT2D eigenvalue weighted by atomic mass is 28.4. The first-order valence-electron chi connectivity index (χ1n) is 2.87. The molecule has 49 valence electrons. The highest BCUT2D eigenvalue weighted by molar-refractivity contribution is 6.70. The fourth-order valence-corrected chi connectivity index (χ4v) is 1.47. The molecule has 0 aromatic heterocycles. The van der Waals surface area contributed by atoms with Gasteiger partial charge < -0.3 is 5.11 Å². The highest BCUT2D eigenvalue weighted by Gasteiger charge is 2.28. The molecule has 1 unspecified atom stereocenters. The van der Waals surface area contributed by atoms with E-state index in [1.54, 1.807) is 13.1 Å². The molecule has 0 amide bonds. The summed E-state index contributed by atoms with van der Waals surface area (Å²) in [6, 6.07) is 0. The Labute approximate surface area is 51.3 Å². The molecule has 8 heavy (non-hydrogen) atoms. The standard InChI is InChI=1S/C5H13O2Si/c1-4-5(6)8(2,3)7/h5-6H,4H2,1-3H3. The third-order valence-electron chi connectivity index (χ3n) is 1.19. The van der Waals surface area contributed by atoms with E-state index in [0.717, 1.165) is 0 Å². The first-order valence-corrected chi connectivity index (χ1v) is 5.85. The third kappa shape index (κ3) is 2.45. The van der Waals surface area contributed by atoms with Gasteiger partial charge in [0.15, 0.2) is 0 Å². The van der Waals surface area contributed by atoms with Crippen LogP contribution in [0.2, 0.25) is 13.1 Å². The summed E-state index contributed by atoms with van der Waals surface area (Å²) < 4.78 is 0. The Morgan fingerprint density at radius 2 is 2.00 bits per heavy atom. The molecule has 0 aromatic rings. The van der Waals surface area contributed by atoms with Crippen molar-refractivity contribution in [1.82, 2.24) is 0 Å². The maximum atomic E-state index is 10.9. The van der Waals surface area contributed by atoms with E-state index in [2.05, 4.69) is 0 Å². The number of rotatable bonds is 2. The van der Waals surface area contributed by atoms with Crippen molar-refractivity contribution in [1.29, 1.82) is 0 Å². The Bertz CT molecular complexity index is 67.3. The van der Waals surface area contributed by atoms with Crippen LogP contribution in [-0.2, 0) is 4.80 Å². The van der Waals surface area contributed by atoms with E-state index in [0.29, 0.717) is 6.42 Å². The summed E-state index contributed by atoms with van der Waals surface area (Å²) >= 11 is 0. The molecule has 0 aromatic carbocycles. The van der Waals surface area contributed by atoms with Crippen molar-refractivity contribution >= 4 is 8.32 Å². The van der Waals surface area contributed by atoms with Crippen LogP contribution in [0.25, 0.3) is 0 Å². The van der Waals surface area contributed by atoms with E-state index >= 15 is 0 Å². The molecule has 0 aliphatic heterocycles. The van der Waals surface area contributed by atoms with E-state index < -0.39 is 14.0 Å². The molecule has 0 rings (SSSR count). The quantitative estimate of drug-likeness (QED) is 0.559. The third-order valence-corrected chi connectivity index (χ3v) is 3.20. The summed E-state index contributed by atoms with van der Waals surface area (Å²) in [4.78, 5) is 10.9. The van der Waals surface area contributed by atoms with Gasteiger partial charge >= 0.3 is 0 Å². The first-order chi connectivity index (χ1) is 3.48. The lowest BCUT2D eigenvalue weighted by molar-refractivity contribution is 0.205. The van der Waals surface area contributed by atoms with Gasteiger partial charge in [0.05, 0.1) is 5.73 Å². The lowest BCUT2D eigenvalue weighted by Crippen LogP contribution is -2.39. The molecule has 0 bridgehead atoms. The van der Waals surface area contributed by atoms with Crippen LogP contribution in [0.3, 0.4) is 0 Å². The SMILES string of the molecule is CCC(O)[Si](C)(C)[O]. The minimum absolute atomic E-state index is 0.567. The molecule has 1 radical (unpaired) electrons. The molecule has 0 aliphatic rings. The zero-order chi connectivity index (χ0) is 6.78. The average Bonchev–Trinajstić information content (AvgIpc) is 1.62. The Kier molecular flexibility index (Phi) is 2.66. The Morgan fingerprint density at radius 3 is 2.00 bits per heavy atom. The summed E-state index contributed by atoms with van der Waals surface area (Å²) in [7, 11) is -2.46. The summed E-state index contributed by atoms with van der Waals surface area (Å²) in [5, 5.41) is 8.94. The predicted octanol–water partition coefficient (Wildman–Crippen LogP) is 0.932. The molecule has 2 nitrogen and oxygen atoms in total. The molecule has 0 heterocycles. The van der Waals surface area contributed by atoms with E-state index in [9.17, 15) is 4.80 Å². The van der Waals surface area contributed by atoms with Crippen LogP contribution in [0.15, 0.2) is 0 Å². The topological polar surface area (TPSA) is 40.1 Å². The molecule has 0 aliphatic carbocycles. The fraction of sp³-hybridized carbons (Fsp3) is 1.00. The molecule has 0 fully saturated rings. The second kappa shape index (κ2) is 2.62. The largest absolute Gasteiger partial charge is 0.394 e. The normalized spacial score (nSPS) is 16.1. The van der Waals surface area contributed by atoms with Crippen LogP contribution in [0, 0.1) is 0 Å². The van der Waals surface area contributed by atoms with Crippen LogP contribution >= 0.6 is 0 Å². The van der Waals surface area contributed by atoms with Crippen molar-refractivity contribution in [3.05, 3.63) is 0 Å². The van der Waals surface area contributed by atoms with Gasteiger partial charge in [-0.1, -0.05) is 6.92 Å². The van der Waals surface area contributed by atoms with Crippen LogP contribution in [0.4, 0.5) is 0 Å². The van der Waals surface area contributed by atoms with Crippen LogP contribution in [0.1, 0.15) is 13.3 Å². The van der Waals surface area contributed by atoms with E-state index in [-0.39, 0.29) is 0 Å². The summed E-state index contributed by atoms with van der Waals surface area (Å²) in [6.07, 6.45) is 0.600. The zero-order valence-corrected chi connectivity index (χ0v) is 6.64. The summed E-state index contributed by atoms with van der Waals surface area (Å²) in [6.45, 7) is 5.08. The number of aliphatic hydroxyl groups is 1. The van der Waals surface area contributed by atoms with Gasteiger partial charge in [0, 0.05) is 0 Å². The average molecular weight is 133 g/mol. The molecule has 0 saturated carbocycles. The molecular weight excluding hydrogens is 120 g/mol. The Balaban J connectivity index is 3.62.